The van der Waals surface area contributed by atoms with Crippen LogP contribution in [0.15, 0.2) is 22.9 Å². The smallest absolute Gasteiger partial charge is 0.303 e. The van der Waals surface area contributed by atoms with Crippen LogP contribution in [-0.4, -0.2) is 22.0 Å². The number of anilines is 1. The number of hydrogen-bond donors (Lipinski definition) is 2. The molecule has 92 valence electrons. The molecule has 0 fully saturated rings. The van der Waals surface area contributed by atoms with Crippen LogP contribution in [0.2, 0.25) is 0 Å². The van der Waals surface area contributed by atoms with E-state index in [-0.39, 0.29) is 12.3 Å². The van der Waals surface area contributed by atoms with Crippen molar-refractivity contribution in [2.45, 2.75) is 25.7 Å². The second kappa shape index (κ2) is 7.01. The highest BCUT2D eigenvalue weighted by Gasteiger charge is 2.03. The van der Waals surface area contributed by atoms with Gasteiger partial charge in [0.15, 0.2) is 0 Å². The van der Waals surface area contributed by atoms with Crippen molar-refractivity contribution in [1.82, 2.24) is 4.98 Å². The van der Waals surface area contributed by atoms with Gasteiger partial charge in [-0.25, -0.2) is 4.98 Å². The largest absolute Gasteiger partial charge is 0.481 e. The Balaban J connectivity index is 2.25. The molecule has 0 bridgehead atoms. The van der Waals surface area contributed by atoms with Gasteiger partial charge in [0, 0.05) is 12.8 Å². The summed E-state index contributed by atoms with van der Waals surface area (Å²) >= 11 is 3.20. The number of halogens is 1. The van der Waals surface area contributed by atoms with Crippen molar-refractivity contribution in [3.05, 3.63) is 22.9 Å². The van der Waals surface area contributed by atoms with E-state index in [2.05, 4.69) is 26.2 Å². The average molecular weight is 301 g/mol. The van der Waals surface area contributed by atoms with Gasteiger partial charge < -0.3 is 10.4 Å². The van der Waals surface area contributed by atoms with Gasteiger partial charge in [-0.05, 0) is 40.9 Å². The highest BCUT2D eigenvalue weighted by Crippen LogP contribution is 2.11. The molecule has 0 aromatic carbocycles. The van der Waals surface area contributed by atoms with E-state index in [0.717, 1.165) is 0 Å². The normalized spacial score (nSPS) is 9.94. The molecule has 0 radical (unpaired) electrons. The van der Waals surface area contributed by atoms with E-state index in [1.807, 2.05) is 0 Å². The summed E-state index contributed by atoms with van der Waals surface area (Å²) in [5.41, 5.74) is 0.636. The van der Waals surface area contributed by atoms with Gasteiger partial charge in [-0.1, -0.05) is 0 Å². The monoisotopic (exact) mass is 300 g/mol. The topological polar surface area (TPSA) is 79.3 Å². The number of unbranched alkanes of at least 4 members (excludes halogenated alkanes) is 1. The summed E-state index contributed by atoms with van der Waals surface area (Å²) in [6.45, 7) is 0. The lowest BCUT2D eigenvalue weighted by Gasteiger charge is -2.04. The Hall–Kier alpha value is -1.43. The van der Waals surface area contributed by atoms with Crippen molar-refractivity contribution in [3.8, 4) is 0 Å². The molecule has 1 amide bonds. The van der Waals surface area contributed by atoms with Crippen LogP contribution in [0.1, 0.15) is 25.7 Å². The second-order valence-electron chi connectivity index (χ2n) is 3.52. The number of carboxylic acids is 1. The minimum absolute atomic E-state index is 0.104. The Bertz CT molecular complexity index is 392. The third-order valence-corrected chi connectivity index (χ3v) is 2.52. The van der Waals surface area contributed by atoms with Gasteiger partial charge in [0.1, 0.15) is 4.60 Å². The van der Waals surface area contributed by atoms with E-state index in [0.29, 0.717) is 29.6 Å². The summed E-state index contributed by atoms with van der Waals surface area (Å²) in [6, 6.07) is 3.48. The predicted octanol–water partition coefficient (Wildman–Crippen LogP) is 2.43. The molecule has 1 aromatic rings. The van der Waals surface area contributed by atoms with Crippen molar-refractivity contribution in [2.24, 2.45) is 0 Å². The number of amides is 1. The third kappa shape index (κ3) is 6.01. The van der Waals surface area contributed by atoms with Crippen LogP contribution in [0.4, 0.5) is 5.69 Å². The minimum atomic E-state index is -0.831. The van der Waals surface area contributed by atoms with Crippen molar-refractivity contribution < 1.29 is 14.7 Å². The van der Waals surface area contributed by atoms with Crippen molar-refractivity contribution in [1.29, 1.82) is 0 Å². The molecule has 0 saturated carbocycles. The molecule has 1 aromatic heterocycles. The fourth-order valence-electron chi connectivity index (χ4n) is 1.24. The van der Waals surface area contributed by atoms with Crippen LogP contribution in [-0.2, 0) is 9.59 Å². The Labute approximate surface area is 107 Å². The predicted molar refractivity (Wildman–Crippen MR) is 66.7 cm³/mol. The van der Waals surface area contributed by atoms with Gasteiger partial charge >= 0.3 is 5.97 Å². The highest BCUT2D eigenvalue weighted by atomic mass is 79.9. The number of pyridine rings is 1. The summed E-state index contributed by atoms with van der Waals surface area (Å²) in [6.07, 6.45) is 3.07. The maximum atomic E-state index is 11.4. The van der Waals surface area contributed by atoms with E-state index in [1.54, 1.807) is 18.3 Å². The maximum Gasteiger partial charge on any atom is 0.303 e. The van der Waals surface area contributed by atoms with Crippen LogP contribution in [0.25, 0.3) is 0 Å². The van der Waals surface area contributed by atoms with Crippen molar-refractivity contribution >= 4 is 33.5 Å². The van der Waals surface area contributed by atoms with Crippen LogP contribution < -0.4 is 5.32 Å². The van der Waals surface area contributed by atoms with Crippen LogP contribution in [0, 0.1) is 0 Å². The summed E-state index contributed by atoms with van der Waals surface area (Å²) in [4.78, 5) is 25.7. The molecule has 0 aliphatic rings. The van der Waals surface area contributed by atoms with Crippen LogP contribution in [0.5, 0.6) is 0 Å². The lowest BCUT2D eigenvalue weighted by Crippen LogP contribution is -2.11. The Morgan fingerprint density at radius 2 is 2.00 bits per heavy atom. The lowest BCUT2D eigenvalue weighted by atomic mass is 10.2. The van der Waals surface area contributed by atoms with Crippen molar-refractivity contribution in [3.63, 3.8) is 0 Å². The molecule has 0 unspecified atom stereocenters. The zero-order chi connectivity index (χ0) is 12.7. The van der Waals surface area contributed by atoms with Crippen LogP contribution in [0.3, 0.4) is 0 Å². The molecule has 2 N–H and O–H groups in total. The SMILES string of the molecule is O=C(O)CCCCC(=O)Nc1ccc(Br)nc1. The van der Waals surface area contributed by atoms with E-state index in [1.165, 1.54) is 0 Å². The summed E-state index contributed by atoms with van der Waals surface area (Å²) in [5, 5.41) is 11.1. The molecule has 0 aliphatic heterocycles. The first kappa shape index (κ1) is 13.6. The van der Waals surface area contributed by atoms with Gasteiger partial charge in [-0.2, -0.15) is 0 Å². The molecule has 0 spiro atoms. The molecule has 0 atom stereocenters. The summed E-state index contributed by atoms with van der Waals surface area (Å²) < 4.78 is 0.706. The number of aliphatic carboxylic acids is 1. The third-order valence-electron chi connectivity index (χ3n) is 2.06. The van der Waals surface area contributed by atoms with Gasteiger partial charge in [0.2, 0.25) is 5.91 Å². The molecule has 6 heteroatoms. The first-order valence-electron chi connectivity index (χ1n) is 5.21. The number of nitrogens with one attached hydrogen (secondary N) is 1. The Morgan fingerprint density at radius 3 is 2.59 bits per heavy atom. The second-order valence-corrected chi connectivity index (χ2v) is 4.33. The molecular weight excluding hydrogens is 288 g/mol. The molecule has 1 heterocycles. The standard InChI is InChI=1S/C11H13BrN2O3/c12-9-6-5-8(7-13-9)14-10(15)3-1-2-4-11(16)17/h5-7H,1-4H2,(H,14,15)(H,16,17). The van der Waals surface area contributed by atoms with Gasteiger partial charge in [-0.15, -0.1) is 0 Å². The Morgan fingerprint density at radius 1 is 1.29 bits per heavy atom. The number of carbonyl (C=O) groups excluding carboxylic acids is 1. The fourth-order valence-corrected chi connectivity index (χ4v) is 1.47. The van der Waals surface area contributed by atoms with Gasteiger partial charge in [0.25, 0.3) is 0 Å². The molecule has 5 nitrogen and oxygen atoms in total. The molecule has 0 aliphatic carbocycles. The number of hydrogen-bond acceptors (Lipinski definition) is 3. The zero-order valence-electron chi connectivity index (χ0n) is 9.15. The summed E-state index contributed by atoms with van der Waals surface area (Å²) in [5.74, 6) is -0.956. The lowest BCUT2D eigenvalue weighted by molar-refractivity contribution is -0.137. The van der Waals surface area contributed by atoms with E-state index >= 15 is 0 Å². The van der Waals surface area contributed by atoms with Gasteiger partial charge in [0.05, 0.1) is 11.9 Å². The number of carbonyl (C=O) groups is 2. The van der Waals surface area contributed by atoms with Crippen LogP contribution >= 0.6 is 15.9 Å². The molecule has 1 rings (SSSR count). The summed E-state index contributed by atoms with van der Waals surface area (Å²) in [7, 11) is 0. The first-order valence-corrected chi connectivity index (χ1v) is 6.00. The molecular formula is C11H13BrN2O3. The van der Waals surface area contributed by atoms with E-state index in [9.17, 15) is 9.59 Å². The van der Waals surface area contributed by atoms with E-state index in [4.69, 9.17) is 5.11 Å². The number of rotatable bonds is 6. The molecule has 0 saturated heterocycles. The Kier molecular flexibility index (Phi) is 5.62. The number of aromatic nitrogens is 1. The fraction of sp³-hybridized carbons (Fsp3) is 0.364. The zero-order valence-corrected chi connectivity index (χ0v) is 10.7. The quantitative estimate of drug-likeness (QED) is 0.625. The first-order chi connectivity index (χ1) is 8.08. The maximum absolute atomic E-state index is 11.4. The van der Waals surface area contributed by atoms with Crippen molar-refractivity contribution in [2.75, 3.05) is 5.32 Å². The number of nitrogens with zero attached hydrogens (tertiary/aromatic N) is 1. The average Bonchev–Trinajstić information content (AvgIpc) is 2.27. The van der Waals surface area contributed by atoms with Gasteiger partial charge in [-0.3, -0.25) is 9.59 Å². The minimum Gasteiger partial charge on any atom is -0.481 e. The number of carboxylic acid groups (broad SMARTS) is 1. The van der Waals surface area contributed by atoms with E-state index < -0.39 is 5.97 Å². The highest BCUT2D eigenvalue weighted by molar-refractivity contribution is 9.10. The molecule has 17 heavy (non-hydrogen) atoms.